The molecule has 6 nitrogen and oxygen atoms in total. The fourth-order valence-corrected chi connectivity index (χ4v) is 5.71. The fraction of sp³-hybridized carbons (Fsp3) is 0.424. The Morgan fingerprint density at radius 2 is 1.62 bits per heavy atom. The molecule has 0 saturated carbocycles. The summed E-state index contributed by atoms with van der Waals surface area (Å²) in [6.07, 6.45) is 1.84. The smallest absolute Gasteiger partial charge is 0.319 e. The molecule has 1 aliphatic rings. The van der Waals surface area contributed by atoms with Crippen LogP contribution in [0.5, 0.6) is 5.75 Å². The van der Waals surface area contributed by atoms with Gasteiger partial charge in [-0.15, -0.1) is 0 Å². The van der Waals surface area contributed by atoms with Crippen LogP contribution in [0, 0.1) is 6.92 Å². The maximum Gasteiger partial charge on any atom is 0.319 e. The summed E-state index contributed by atoms with van der Waals surface area (Å²) in [5, 5.41) is 6.45. The molecule has 0 spiro atoms. The zero-order valence-electron chi connectivity index (χ0n) is 24.3. The number of rotatable bonds is 8. The summed E-state index contributed by atoms with van der Waals surface area (Å²) in [5.74, 6) is 1.30. The van der Waals surface area contributed by atoms with Gasteiger partial charge < -0.3 is 26.0 Å². The van der Waals surface area contributed by atoms with Crippen LogP contribution in [0.25, 0.3) is 0 Å². The predicted octanol–water partition coefficient (Wildman–Crippen LogP) is 7.19. The van der Waals surface area contributed by atoms with Gasteiger partial charge in [-0.1, -0.05) is 52.0 Å². The standard InChI is InChI=1S/C33H44N4O2/c1-22(2)29-19-26(34)20-30(23(3)4)31(29)36-32(38)35-21-33(25-10-8-12-28(18-25)39-6)13-15-37(16-14-33)27-11-7-9-24(5)17-27/h7-12,17-20,22-23H,13-16,21,34H2,1-6H3,(H2,35,36,38). The summed E-state index contributed by atoms with van der Waals surface area (Å²) >= 11 is 0. The SMILES string of the molecule is COc1cccc(C2(CNC(=O)Nc3c(C(C)C)cc(N)cc3C(C)C)CCN(c3cccc(C)c3)CC2)c1. The molecular weight excluding hydrogens is 484 g/mol. The number of aryl methyl sites for hydroxylation is 1. The number of methoxy groups -OCH3 is 1. The summed E-state index contributed by atoms with van der Waals surface area (Å²) in [6.45, 7) is 13.0. The van der Waals surface area contributed by atoms with Crippen molar-refractivity contribution in [2.75, 3.05) is 42.7 Å². The van der Waals surface area contributed by atoms with Gasteiger partial charge in [-0.05, 0) is 90.3 Å². The predicted molar refractivity (Wildman–Crippen MR) is 163 cm³/mol. The first-order valence-corrected chi connectivity index (χ1v) is 14.1. The van der Waals surface area contributed by atoms with Gasteiger partial charge in [-0.2, -0.15) is 0 Å². The van der Waals surface area contributed by atoms with Crippen molar-refractivity contribution in [3.8, 4) is 5.75 Å². The van der Waals surface area contributed by atoms with Crippen LogP contribution < -0.4 is 26.0 Å². The van der Waals surface area contributed by atoms with Gasteiger partial charge in [0, 0.05) is 42.1 Å². The molecule has 0 aliphatic carbocycles. The van der Waals surface area contributed by atoms with Crippen molar-refractivity contribution in [1.29, 1.82) is 0 Å². The number of hydrogen-bond acceptors (Lipinski definition) is 4. The minimum absolute atomic E-state index is 0.188. The molecular formula is C33H44N4O2. The summed E-state index contributed by atoms with van der Waals surface area (Å²) in [5.41, 5.74) is 13.4. The van der Waals surface area contributed by atoms with E-state index in [9.17, 15) is 4.79 Å². The molecule has 4 rings (SSSR count). The van der Waals surface area contributed by atoms with E-state index in [-0.39, 0.29) is 23.3 Å². The highest BCUT2D eigenvalue weighted by molar-refractivity contribution is 5.92. The Hall–Kier alpha value is -3.67. The second-order valence-corrected chi connectivity index (χ2v) is 11.5. The Bertz CT molecular complexity index is 1260. The Morgan fingerprint density at radius 1 is 0.974 bits per heavy atom. The lowest BCUT2D eigenvalue weighted by Crippen LogP contribution is -2.49. The van der Waals surface area contributed by atoms with E-state index in [1.54, 1.807) is 7.11 Å². The third-order valence-corrected chi connectivity index (χ3v) is 8.06. The number of nitrogen functional groups attached to an aromatic ring is 1. The summed E-state index contributed by atoms with van der Waals surface area (Å²) in [6, 6.07) is 20.7. The molecule has 0 bridgehead atoms. The van der Waals surface area contributed by atoms with Crippen LogP contribution in [0.2, 0.25) is 0 Å². The van der Waals surface area contributed by atoms with E-state index in [0.29, 0.717) is 6.54 Å². The van der Waals surface area contributed by atoms with Crippen molar-refractivity contribution >= 4 is 23.1 Å². The van der Waals surface area contributed by atoms with Crippen LogP contribution in [0.15, 0.2) is 60.7 Å². The lowest BCUT2D eigenvalue weighted by molar-refractivity contribution is 0.244. The Kier molecular flexibility index (Phi) is 8.73. The number of anilines is 3. The average molecular weight is 529 g/mol. The van der Waals surface area contributed by atoms with Gasteiger partial charge in [0.25, 0.3) is 0 Å². The van der Waals surface area contributed by atoms with Crippen LogP contribution in [0.4, 0.5) is 21.9 Å². The van der Waals surface area contributed by atoms with Gasteiger partial charge in [0.15, 0.2) is 0 Å². The van der Waals surface area contributed by atoms with Gasteiger partial charge in [-0.25, -0.2) is 4.79 Å². The summed E-state index contributed by atoms with van der Waals surface area (Å²) in [7, 11) is 1.70. The molecule has 2 amide bonds. The monoisotopic (exact) mass is 528 g/mol. The van der Waals surface area contributed by atoms with Crippen LogP contribution in [-0.4, -0.2) is 32.8 Å². The zero-order chi connectivity index (χ0) is 28.2. The molecule has 1 aliphatic heterocycles. The topological polar surface area (TPSA) is 79.6 Å². The molecule has 208 valence electrons. The number of ether oxygens (including phenoxy) is 1. The van der Waals surface area contributed by atoms with Crippen molar-refractivity contribution < 1.29 is 9.53 Å². The van der Waals surface area contributed by atoms with E-state index in [2.05, 4.69) is 86.6 Å². The number of carbonyl (C=O) groups excluding carboxylic acids is 1. The number of nitrogens with one attached hydrogen (secondary N) is 2. The summed E-state index contributed by atoms with van der Waals surface area (Å²) in [4.78, 5) is 15.9. The maximum absolute atomic E-state index is 13.4. The molecule has 0 radical (unpaired) electrons. The molecule has 39 heavy (non-hydrogen) atoms. The second-order valence-electron chi connectivity index (χ2n) is 11.5. The quantitative estimate of drug-likeness (QED) is 0.270. The number of carbonyl (C=O) groups is 1. The molecule has 1 fully saturated rings. The van der Waals surface area contributed by atoms with E-state index < -0.39 is 0 Å². The maximum atomic E-state index is 13.4. The largest absolute Gasteiger partial charge is 0.497 e. The highest BCUT2D eigenvalue weighted by Crippen LogP contribution is 2.39. The number of nitrogens with zero attached hydrogens (tertiary/aromatic N) is 1. The number of nitrogens with two attached hydrogens (primary N) is 1. The first-order valence-electron chi connectivity index (χ1n) is 14.1. The highest BCUT2D eigenvalue weighted by atomic mass is 16.5. The molecule has 1 saturated heterocycles. The second kappa shape index (κ2) is 12.0. The molecule has 3 aromatic rings. The normalized spacial score (nSPS) is 14.9. The number of urea groups is 1. The van der Waals surface area contributed by atoms with Gasteiger partial charge in [0.1, 0.15) is 5.75 Å². The van der Waals surface area contributed by atoms with E-state index in [4.69, 9.17) is 10.5 Å². The lowest BCUT2D eigenvalue weighted by atomic mass is 9.72. The van der Waals surface area contributed by atoms with Crippen molar-refractivity contribution in [3.05, 3.63) is 82.9 Å². The molecule has 0 unspecified atom stereocenters. The van der Waals surface area contributed by atoms with E-state index in [1.807, 2.05) is 24.3 Å². The van der Waals surface area contributed by atoms with Crippen LogP contribution in [-0.2, 0) is 5.41 Å². The Morgan fingerprint density at radius 3 is 2.21 bits per heavy atom. The Labute approximate surface area is 233 Å². The van der Waals surface area contributed by atoms with Crippen molar-refractivity contribution in [3.63, 3.8) is 0 Å². The number of amides is 2. The van der Waals surface area contributed by atoms with Gasteiger partial charge in [0.2, 0.25) is 0 Å². The minimum atomic E-state index is -0.199. The van der Waals surface area contributed by atoms with Crippen LogP contribution in [0.1, 0.15) is 74.6 Å². The molecule has 0 aromatic heterocycles. The summed E-state index contributed by atoms with van der Waals surface area (Å²) < 4.78 is 5.56. The lowest BCUT2D eigenvalue weighted by Gasteiger charge is -2.43. The van der Waals surface area contributed by atoms with Crippen molar-refractivity contribution in [1.82, 2.24) is 5.32 Å². The van der Waals surface area contributed by atoms with E-state index in [1.165, 1.54) is 16.8 Å². The number of benzene rings is 3. The van der Waals surface area contributed by atoms with Gasteiger partial charge in [0.05, 0.1) is 7.11 Å². The zero-order valence-corrected chi connectivity index (χ0v) is 24.3. The first-order chi connectivity index (χ1) is 18.6. The molecule has 6 heteroatoms. The van der Waals surface area contributed by atoms with Crippen molar-refractivity contribution in [2.45, 2.75) is 64.7 Å². The Balaban J connectivity index is 1.57. The van der Waals surface area contributed by atoms with Crippen LogP contribution in [0.3, 0.4) is 0 Å². The van der Waals surface area contributed by atoms with E-state index >= 15 is 0 Å². The third-order valence-electron chi connectivity index (χ3n) is 8.06. The fourth-order valence-electron chi connectivity index (χ4n) is 5.71. The molecule has 4 N–H and O–H groups in total. The number of hydrogen-bond donors (Lipinski definition) is 3. The van der Waals surface area contributed by atoms with Gasteiger partial charge in [-0.3, -0.25) is 0 Å². The van der Waals surface area contributed by atoms with Gasteiger partial charge >= 0.3 is 6.03 Å². The minimum Gasteiger partial charge on any atom is -0.497 e. The third kappa shape index (κ3) is 6.49. The first kappa shape index (κ1) is 28.3. The molecule has 0 atom stereocenters. The van der Waals surface area contributed by atoms with Crippen LogP contribution >= 0.6 is 0 Å². The number of piperidine rings is 1. The molecule has 3 aromatic carbocycles. The highest BCUT2D eigenvalue weighted by Gasteiger charge is 2.37. The average Bonchev–Trinajstić information content (AvgIpc) is 2.92. The van der Waals surface area contributed by atoms with Crippen molar-refractivity contribution in [2.24, 2.45) is 0 Å². The van der Waals surface area contributed by atoms with E-state index in [0.717, 1.165) is 54.2 Å². The molecule has 1 heterocycles.